The van der Waals surface area contributed by atoms with Crippen molar-refractivity contribution in [3.8, 4) is 0 Å². The van der Waals surface area contributed by atoms with Crippen molar-refractivity contribution in [3.63, 3.8) is 0 Å². The second kappa shape index (κ2) is 4.63. The molecule has 0 bridgehead atoms. The molecule has 0 aromatic rings. The molecule has 0 amide bonds. The highest BCUT2D eigenvalue weighted by Gasteiger charge is 2.36. The van der Waals surface area contributed by atoms with E-state index in [1.165, 1.54) is 32.1 Å². The zero-order valence-corrected chi connectivity index (χ0v) is 9.46. The molecule has 82 valence electrons. The number of hydrogen-bond acceptors (Lipinski definition) is 2. The summed E-state index contributed by atoms with van der Waals surface area (Å²) in [6, 6.07) is 0.704. The molecule has 0 spiro atoms. The van der Waals surface area contributed by atoms with Crippen molar-refractivity contribution >= 4 is 0 Å². The van der Waals surface area contributed by atoms with E-state index in [0.29, 0.717) is 12.1 Å². The van der Waals surface area contributed by atoms with Crippen LogP contribution < -0.4 is 5.32 Å². The molecule has 1 N–H and O–H groups in total. The number of hydrogen-bond donors (Lipinski definition) is 1. The van der Waals surface area contributed by atoms with Gasteiger partial charge in [-0.15, -0.1) is 0 Å². The van der Waals surface area contributed by atoms with Crippen molar-refractivity contribution in [2.24, 2.45) is 11.8 Å². The van der Waals surface area contributed by atoms with Crippen molar-refractivity contribution in [1.82, 2.24) is 5.32 Å². The molecule has 3 unspecified atom stereocenters. The molecule has 1 heterocycles. The SMILES string of the molecule is CNC(C1CCCC1)C1CCOC1C. The smallest absolute Gasteiger partial charge is 0.0590 e. The Balaban J connectivity index is 1.96. The first kappa shape index (κ1) is 10.4. The molecular weight excluding hydrogens is 174 g/mol. The summed E-state index contributed by atoms with van der Waals surface area (Å²) in [5.74, 6) is 1.66. The molecular formula is C12H23NO. The Morgan fingerprint density at radius 3 is 2.43 bits per heavy atom. The molecule has 1 saturated carbocycles. The van der Waals surface area contributed by atoms with Gasteiger partial charge in [0, 0.05) is 18.6 Å². The summed E-state index contributed by atoms with van der Waals surface area (Å²) in [6.07, 6.45) is 7.44. The maximum absolute atomic E-state index is 5.67. The fourth-order valence-electron chi connectivity index (χ4n) is 3.34. The number of nitrogens with one attached hydrogen (secondary N) is 1. The minimum atomic E-state index is 0.466. The van der Waals surface area contributed by atoms with Crippen molar-refractivity contribution in [3.05, 3.63) is 0 Å². The van der Waals surface area contributed by atoms with Crippen LogP contribution in [-0.4, -0.2) is 25.8 Å². The van der Waals surface area contributed by atoms with Crippen molar-refractivity contribution < 1.29 is 4.74 Å². The van der Waals surface area contributed by atoms with E-state index in [1.807, 2.05) is 0 Å². The van der Waals surface area contributed by atoms with Gasteiger partial charge in [-0.3, -0.25) is 0 Å². The second-order valence-electron chi connectivity index (χ2n) is 4.89. The average molecular weight is 197 g/mol. The Kier molecular flexibility index (Phi) is 3.45. The van der Waals surface area contributed by atoms with E-state index < -0.39 is 0 Å². The monoisotopic (exact) mass is 197 g/mol. The van der Waals surface area contributed by atoms with Crippen molar-refractivity contribution in [2.45, 2.75) is 51.2 Å². The number of ether oxygens (including phenoxy) is 1. The van der Waals surface area contributed by atoms with Gasteiger partial charge in [0.1, 0.15) is 0 Å². The van der Waals surface area contributed by atoms with Crippen LogP contribution in [0.3, 0.4) is 0 Å². The van der Waals surface area contributed by atoms with Crippen LogP contribution in [0.5, 0.6) is 0 Å². The van der Waals surface area contributed by atoms with E-state index in [-0.39, 0.29) is 0 Å². The summed E-state index contributed by atoms with van der Waals surface area (Å²) in [5, 5.41) is 3.54. The maximum Gasteiger partial charge on any atom is 0.0590 e. The molecule has 1 aliphatic heterocycles. The van der Waals surface area contributed by atoms with Crippen molar-refractivity contribution in [2.75, 3.05) is 13.7 Å². The molecule has 0 aromatic carbocycles. The van der Waals surface area contributed by atoms with E-state index in [4.69, 9.17) is 4.74 Å². The lowest BCUT2D eigenvalue weighted by Crippen LogP contribution is -2.42. The normalized spacial score (nSPS) is 36.4. The Morgan fingerprint density at radius 2 is 1.93 bits per heavy atom. The van der Waals surface area contributed by atoms with Gasteiger partial charge in [-0.25, -0.2) is 0 Å². The zero-order chi connectivity index (χ0) is 9.97. The summed E-state index contributed by atoms with van der Waals surface area (Å²) in [4.78, 5) is 0. The Morgan fingerprint density at radius 1 is 1.21 bits per heavy atom. The first-order valence-corrected chi connectivity index (χ1v) is 6.12. The highest BCUT2D eigenvalue weighted by molar-refractivity contribution is 4.89. The molecule has 3 atom stereocenters. The van der Waals surface area contributed by atoms with Crippen molar-refractivity contribution in [1.29, 1.82) is 0 Å². The van der Waals surface area contributed by atoms with E-state index in [1.54, 1.807) is 0 Å². The highest BCUT2D eigenvalue weighted by atomic mass is 16.5. The predicted molar refractivity (Wildman–Crippen MR) is 58.3 cm³/mol. The molecule has 1 aliphatic carbocycles. The molecule has 1 saturated heterocycles. The van der Waals surface area contributed by atoms with Crippen LogP contribution in [-0.2, 0) is 4.74 Å². The van der Waals surface area contributed by atoms with Gasteiger partial charge < -0.3 is 10.1 Å². The van der Waals surface area contributed by atoms with Gasteiger partial charge in [0.2, 0.25) is 0 Å². The summed E-state index contributed by atoms with van der Waals surface area (Å²) in [7, 11) is 2.12. The Labute approximate surface area is 87.4 Å². The molecule has 2 aliphatic rings. The minimum absolute atomic E-state index is 0.466. The zero-order valence-electron chi connectivity index (χ0n) is 9.46. The lowest BCUT2D eigenvalue weighted by molar-refractivity contribution is 0.0881. The van der Waals surface area contributed by atoms with Gasteiger partial charge >= 0.3 is 0 Å². The summed E-state index contributed by atoms with van der Waals surface area (Å²) < 4.78 is 5.67. The second-order valence-corrected chi connectivity index (χ2v) is 4.89. The minimum Gasteiger partial charge on any atom is -0.378 e. The highest BCUT2D eigenvalue weighted by Crippen LogP contribution is 2.35. The third-order valence-corrected chi connectivity index (χ3v) is 4.14. The largest absolute Gasteiger partial charge is 0.378 e. The lowest BCUT2D eigenvalue weighted by Gasteiger charge is -2.30. The van der Waals surface area contributed by atoms with E-state index in [0.717, 1.165) is 18.4 Å². The van der Waals surface area contributed by atoms with Crippen LogP contribution >= 0.6 is 0 Å². The Bertz CT molecular complexity index is 177. The molecule has 14 heavy (non-hydrogen) atoms. The van der Waals surface area contributed by atoms with Crippen LogP contribution in [0.1, 0.15) is 39.0 Å². The van der Waals surface area contributed by atoms with E-state index in [2.05, 4.69) is 19.3 Å². The first-order valence-electron chi connectivity index (χ1n) is 6.12. The lowest BCUT2D eigenvalue weighted by atomic mass is 9.83. The quantitative estimate of drug-likeness (QED) is 0.749. The van der Waals surface area contributed by atoms with Gasteiger partial charge in [0.05, 0.1) is 6.10 Å². The Hall–Kier alpha value is -0.0800. The average Bonchev–Trinajstić information content (AvgIpc) is 2.80. The standard InChI is InChI=1S/C12H23NO/c1-9-11(7-8-14-9)12(13-2)10-5-3-4-6-10/h9-13H,3-8H2,1-2H3. The van der Waals surface area contributed by atoms with E-state index in [9.17, 15) is 0 Å². The van der Waals surface area contributed by atoms with Gasteiger partial charge in [-0.2, -0.15) is 0 Å². The molecule has 2 nitrogen and oxygen atoms in total. The summed E-state index contributed by atoms with van der Waals surface area (Å²) >= 11 is 0. The molecule has 0 aromatic heterocycles. The predicted octanol–water partition coefficient (Wildman–Crippen LogP) is 2.19. The first-order chi connectivity index (χ1) is 6.83. The van der Waals surface area contributed by atoms with Crippen LogP contribution in [0.4, 0.5) is 0 Å². The van der Waals surface area contributed by atoms with Gasteiger partial charge in [0.15, 0.2) is 0 Å². The summed E-state index contributed by atoms with van der Waals surface area (Å²) in [5.41, 5.74) is 0. The third kappa shape index (κ3) is 1.96. The van der Waals surface area contributed by atoms with Gasteiger partial charge in [-0.05, 0) is 39.2 Å². The van der Waals surface area contributed by atoms with Crippen LogP contribution in [0.15, 0.2) is 0 Å². The van der Waals surface area contributed by atoms with Crippen LogP contribution in [0, 0.1) is 11.8 Å². The van der Waals surface area contributed by atoms with E-state index >= 15 is 0 Å². The molecule has 0 radical (unpaired) electrons. The van der Waals surface area contributed by atoms with Crippen LogP contribution in [0.25, 0.3) is 0 Å². The number of rotatable bonds is 3. The maximum atomic E-state index is 5.67. The molecule has 2 heteroatoms. The summed E-state index contributed by atoms with van der Waals surface area (Å²) in [6.45, 7) is 3.20. The molecule has 2 fully saturated rings. The van der Waals surface area contributed by atoms with Gasteiger partial charge in [0.25, 0.3) is 0 Å². The van der Waals surface area contributed by atoms with Crippen LogP contribution in [0.2, 0.25) is 0 Å². The third-order valence-electron chi connectivity index (χ3n) is 4.14. The fraction of sp³-hybridized carbons (Fsp3) is 1.00. The molecule has 2 rings (SSSR count). The fourth-order valence-corrected chi connectivity index (χ4v) is 3.34. The topological polar surface area (TPSA) is 21.3 Å². The van der Waals surface area contributed by atoms with Gasteiger partial charge in [-0.1, -0.05) is 12.8 Å².